The number of likely N-dealkylation sites (tertiary alicyclic amines) is 1. The second-order valence-corrected chi connectivity index (χ2v) is 4.74. The first-order chi connectivity index (χ1) is 7.59. The maximum atomic E-state index is 12.2. The van der Waals surface area contributed by atoms with Gasteiger partial charge in [0.15, 0.2) is 0 Å². The van der Waals surface area contributed by atoms with Gasteiger partial charge >= 0.3 is 6.09 Å². The topological polar surface area (TPSA) is 49.9 Å². The standard InChI is InChI=1S/C11H18N2O3/c1-8-4-3-5-13(6-8)10(14)9-7-16-11(15)12(9)2/h8-9H,3-7H2,1-2H3. The van der Waals surface area contributed by atoms with Crippen LogP contribution in [0.1, 0.15) is 19.8 Å². The van der Waals surface area contributed by atoms with Gasteiger partial charge in [-0.1, -0.05) is 6.92 Å². The van der Waals surface area contributed by atoms with Crippen molar-refractivity contribution in [1.29, 1.82) is 0 Å². The van der Waals surface area contributed by atoms with Gasteiger partial charge in [0.2, 0.25) is 5.91 Å². The maximum Gasteiger partial charge on any atom is 0.410 e. The van der Waals surface area contributed by atoms with Crippen LogP contribution in [0.25, 0.3) is 0 Å². The molecule has 2 unspecified atom stereocenters. The molecular weight excluding hydrogens is 208 g/mol. The Hall–Kier alpha value is -1.26. The smallest absolute Gasteiger partial charge is 0.410 e. The van der Waals surface area contributed by atoms with E-state index in [0.29, 0.717) is 5.92 Å². The Morgan fingerprint density at radius 3 is 2.81 bits per heavy atom. The SMILES string of the molecule is CC1CCCN(C(=O)C2COC(=O)N2C)C1. The van der Waals surface area contributed by atoms with Crippen molar-refractivity contribution < 1.29 is 14.3 Å². The average molecular weight is 226 g/mol. The van der Waals surface area contributed by atoms with Crippen molar-refractivity contribution in [3.05, 3.63) is 0 Å². The van der Waals surface area contributed by atoms with Crippen LogP contribution < -0.4 is 0 Å². The molecule has 2 fully saturated rings. The highest BCUT2D eigenvalue weighted by molar-refractivity contribution is 5.87. The molecule has 0 bridgehead atoms. The van der Waals surface area contributed by atoms with Crippen LogP contribution in [0.5, 0.6) is 0 Å². The molecule has 0 aromatic carbocycles. The minimum absolute atomic E-state index is 0.0277. The molecule has 0 aromatic rings. The van der Waals surface area contributed by atoms with E-state index in [2.05, 4.69) is 6.92 Å². The fourth-order valence-electron chi connectivity index (χ4n) is 2.33. The zero-order valence-corrected chi connectivity index (χ0v) is 9.81. The lowest BCUT2D eigenvalue weighted by Gasteiger charge is -2.33. The summed E-state index contributed by atoms with van der Waals surface area (Å²) in [5.74, 6) is 0.584. The third-order valence-corrected chi connectivity index (χ3v) is 3.37. The van der Waals surface area contributed by atoms with Crippen molar-refractivity contribution in [3.63, 3.8) is 0 Å². The highest BCUT2D eigenvalue weighted by atomic mass is 16.6. The van der Waals surface area contributed by atoms with Crippen molar-refractivity contribution in [2.45, 2.75) is 25.8 Å². The molecule has 2 saturated heterocycles. The third-order valence-electron chi connectivity index (χ3n) is 3.37. The minimum Gasteiger partial charge on any atom is -0.447 e. The first-order valence-electron chi connectivity index (χ1n) is 5.78. The number of carbonyl (C=O) groups excluding carboxylic acids is 2. The van der Waals surface area contributed by atoms with E-state index in [1.165, 1.54) is 11.3 Å². The van der Waals surface area contributed by atoms with Gasteiger partial charge in [0.05, 0.1) is 0 Å². The Labute approximate surface area is 95.3 Å². The lowest BCUT2D eigenvalue weighted by atomic mass is 9.99. The second kappa shape index (κ2) is 4.31. The summed E-state index contributed by atoms with van der Waals surface area (Å²) < 4.78 is 4.86. The quantitative estimate of drug-likeness (QED) is 0.661. The van der Waals surface area contributed by atoms with Crippen molar-refractivity contribution in [2.75, 3.05) is 26.7 Å². The van der Waals surface area contributed by atoms with Crippen LogP contribution in [-0.2, 0) is 9.53 Å². The molecule has 2 aliphatic rings. The van der Waals surface area contributed by atoms with Crippen LogP contribution in [-0.4, -0.2) is 54.6 Å². The van der Waals surface area contributed by atoms with Crippen molar-refractivity contribution >= 4 is 12.0 Å². The molecule has 5 nitrogen and oxygen atoms in total. The number of piperidine rings is 1. The molecule has 0 saturated carbocycles. The second-order valence-electron chi connectivity index (χ2n) is 4.74. The van der Waals surface area contributed by atoms with Gasteiger partial charge in [-0.2, -0.15) is 0 Å². The molecule has 2 aliphatic heterocycles. The Balaban J connectivity index is 1.99. The van der Waals surface area contributed by atoms with Gasteiger partial charge in [-0.25, -0.2) is 4.79 Å². The van der Waals surface area contributed by atoms with E-state index >= 15 is 0 Å². The summed E-state index contributed by atoms with van der Waals surface area (Å²) in [5.41, 5.74) is 0. The number of ether oxygens (including phenoxy) is 1. The molecule has 0 radical (unpaired) electrons. The summed E-state index contributed by atoms with van der Waals surface area (Å²) >= 11 is 0. The Morgan fingerprint density at radius 1 is 1.50 bits per heavy atom. The molecule has 2 amide bonds. The fourth-order valence-corrected chi connectivity index (χ4v) is 2.33. The zero-order chi connectivity index (χ0) is 11.7. The lowest BCUT2D eigenvalue weighted by molar-refractivity contribution is -0.136. The van der Waals surface area contributed by atoms with Crippen LogP contribution >= 0.6 is 0 Å². The number of amides is 2. The molecule has 16 heavy (non-hydrogen) atoms. The summed E-state index contributed by atoms with van der Waals surface area (Å²) in [6, 6.07) is -0.419. The summed E-state index contributed by atoms with van der Waals surface area (Å²) in [4.78, 5) is 26.6. The van der Waals surface area contributed by atoms with E-state index in [9.17, 15) is 9.59 Å². The van der Waals surface area contributed by atoms with E-state index in [4.69, 9.17) is 4.74 Å². The third kappa shape index (κ3) is 1.99. The van der Waals surface area contributed by atoms with Gasteiger partial charge in [-0.3, -0.25) is 9.69 Å². The van der Waals surface area contributed by atoms with Gasteiger partial charge in [0.25, 0.3) is 0 Å². The van der Waals surface area contributed by atoms with E-state index in [-0.39, 0.29) is 12.5 Å². The number of nitrogens with zero attached hydrogens (tertiary/aromatic N) is 2. The van der Waals surface area contributed by atoms with E-state index in [1.807, 2.05) is 4.90 Å². The van der Waals surface area contributed by atoms with E-state index < -0.39 is 12.1 Å². The summed E-state index contributed by atoms with van der Waals surface area (Å²) in [5, 5.41) is 0. The van der Waals surface area contributed by atoms with Gasteiger partial charge < -0.3 is 9.64 Å². The molecule has 5 heteroatoms. The van der Waals surface area contributed by atoms with Crippen molar-refractivity contribution in [2.24, 2.45) is 5.92 Å². The van der Waals surface area contributed by atoms with Crippen LogP contribution in [0.3, 0.4) is 0 Å². The van der Waals surface area contributed by atoms with Crippen LogP contribution in [0.4, 0.5) is 4.79 Å². The molecule has 90 valence electrons. The summed E-state index contributed by atoms with van der Waals surface area (Å²) in [6.45, 7) is 3.96. The van der Waals surface area contributed by atoms with E-state index in [0.717, 1.165) is 19.5 Å². The maximum absolute atomic E-state index is 12.2. The highest BCUT2D eigenvalue weighted by Crippen LogP contribution is 2.19. The van der Waals surface area contributed by atoms with Crippen molar-refractivity contribution in [1.82, 2.24) is 9.80 Å². The molecule has 0 spiro atoms. The summed E-state index contributed by atoms with van der Waals surface area (Å²) in [7, 11) is 1.62. The van der Waals surface area contributed by atoms with Crippen LogP contribution in [0.2, 0.25) is 0 Å². The van der Waals surface area contributed by atoms with Gasteiger partial charge in [0.1, 0.15) is 12.6 Å². The molecular formula is C11H18N2O3. The van der Waals surface area contributed by atoms with Crippen LogP contribution in [0.15, 0.2) is 0 Å². The van der Waals surface area contributed by atoms with Crippen LogP contribution in [0, 0.1) is 5.92 Å². The zero-order valence-electron chi connectivity index (χ0n) is 9.81. The van der Waals surface area contributed by atoms with Gasteiger partial charge in [0, 0.05) is 20.1 Å². The highest BCUT2D eigenvalue weighted by Gasteiger charge is 2.38. The van der Waals surface area contributed by atoms with E-state index in [1.54, 1.807) is 7.05 Å². The lowest BCUT2D eigenvalue weighted by Crippen LogP contribution is -2.49. The number of hydrogen-bond donors (Lipinski definition) is 0. The Bertz CT molecular complexity index is 306. The minimum atomic E-state index is -0.419. The molecule has 2 atom stereocenters. The number of rotatable bonds is 1. The largest absolute Gasteiger partial charge is 0.447 e. The Kier molecular flexibility index (Phi) is 3.03. The van der Waals surface area contributed by atoms with Gasteiger partial charge in [-0.05, 0) is 18.8 Å². The molecule has 0 aromatic heterocycles. The predicted octanol–water partition coefficient (Wildman–Crippen LogP) is 0.696. The number of likely N-dealkylation sites (N-methyl/N-ethyl adjacent to an activating group) is 1. The van der Waals surface area contributed by atoms with Gasteiger partial charge in [-0.15, -0.1) is 0 Å². The first kappa shape index (κ1) is 11.2. The monoisotopic (exact) mass is 226 g/mol. The number of carbonyl (C=O) groups is 2. The molecule has 0 N–H and O–H groups in total. The Morgan fingerprint density at radius 2 is 2.25 bits per heavy atom. The number of cyclic esters (lactones) is 1. The average Bonchev–Trinajstić information content (AvgIpc) is 2.59. The summed E-state index contributed by atoms with van der Waals surface area (Å²) in [6.07, 6.45) is 1.83. The normalized spacial score (nSPS) is 30.5. The molecule has 2 heterocycles. The molecule has 0 aliphatic carbocycles. The fraction of sp³-hybridized carbons (Fsp3) is 0.818. The van der Waals surface area contributed by atoms with Crippen molar-refractivity contribution in [3.8, 4) is 0 Å². The first-order valence-corrected chi connectivity index (χ1v) is 5.78. The molecule has 2 rings (SSSR count). The number of hydrogen-bond acceptors (Lipinski definition) is 3. The predicted molar refractivity (Wildman–Crippen MR) is 57.9 cm³/mol.